The maximum absolute atomic E-state index is 17.6. The van der Waals surface area contributed by atoms with Gasteiger partial charge in [0.25, 0.3) is 0 Å². The second kappa shape index (κ2) is 26.7. The molecule has 0 N–H and O–H groups in total. The number of halogens is 12. The lowest BCUT2D eigenvalue weighted by atomic mass is 9.88. The van der Waals surface area contributed by atoms with Crippen molar-refractivity contribution in [2.24, 2.45) is 0 Å². The van der Waals surface area contributed by atoms with Gasteiger partial charge >= 0.3 is 0 Å². The van der Waals surface area contributed by atoms with E-state index >= 15 is 52.7 Å². The topological polar surface area (TPSA) is 13.0 Å². The van der Waals surface area contributed by atoms with E-state index in [1.54, 1.807) is 97.1 Å². The third-order valence-corrected chi connectivity index (χ3v) is 18.4. The lowest BCUT2D eigenvalue weighted by molar-refractivity contribution is 0.544. The fraction of sp³-hybridized carbons (Fsp3) is 0.200. The molecule has 12 aromatic carbocycles. The lowest BCUT2D eigenvalue weighted by Crippen LogP contribution is -2.22. The van der Waals surface area contributed by atoms with Crippen LogP contribution >= 0.6 is 0 Å². The number of nitrogens with zero attached hydrogens (tertiary/aromatic N) is 4. The van der Waals surface area contributed by atoms with Crippen LogP contribution in [0.15, 0.2) is 158 Å². The smallest absolute Gasteiger partial charge is 0.153 e. The zero-order valence-electron chi connectivity index (χ0n) is 54.0. The number of para-hydroxylation sites is 4. The van der Waals surface area contributed by atoms with Gasteiger partial charge in [0.05, 0.1) is 45.5 Å². The normalized spacial score (nSPS) is 11.7. The number of rotatable bonds is 20. The molecule has 490 valence electrons. The van der Waals surface area contributed by atoms with Crippen molar-refractivity contribution in [2.45, 2.75) is 107 Å². The Bertz CT molecular complexity index is 4230. The minimum absolute atomic E-state index is 0.0760. The molecule has 16 heteroatoms. The van der Waals surface area contributed by atoms with Gasteiger partial charge in [-0.3, -0.25) is 0 Å². The molecule has 0 fully saturated rings. The van der Waals surface area contributed by atoms with Gasteiger partial charge in [-0.05, 0) is 108 Å². The molecule has 0 bridgehead atoms. The fourth-order valence-corrected chi connectivity index (χ4v) is 14.1. The molecule has 0 unspecified atom stereocenters. The summed E-state index contributed by atoms with van der Waals surface area (Å²) in [5.74, 6) is -15.8. The Balaban J connectivity index is 1.43. The Morgan fingerprint density at radius 3 is 0.510 bits per heavy atom. The van der Waals surface area contributed by atoms with E-state index in [4.69, 9.17) is 0 Å². The van der Waals surface area contributed by atoms with Gasteiger partial charge < -0.3 is 19.6 Å². The Morgan fingerprint density at radius 2 is 0.365 bits per heavy atom. The summed E-state index contributed by atoms with van der Waals surface area (Å²) in [4.78, 5) is 5.23. The van der Waals surface area contributed by atoms with Crippen molar-refractivity contribution < 1.29 is 52.7 Å². The summed E-state index contributed by atoms with van der Waals surface area (Å²) < 4.78 is 203. The summed E-state index contributed by atoms with van der Waals surface area (Å²) in [6.07, 6.45) is 2.06. The summed E-state index contributed by atoms with van der Waals surface area (Å²) >= 11 is 0. The van der Waals surface area contributed by atoms with Crippen molar-refractivity contribution in [3.05, 3.63) is 272 Å². The van der Waals surface area contributed by atoms with Crippen LogP contribution in [-0.2, 0) is 51.4 Å². The first-order valence-corrected chi connectivity index (χ1v) is 32.3. The van der Waals surface area contributed by atoms with Gasteiger partial charge in [0.2, 0.25) is 0 Å². The second-order valence-corrected chi connectivity index (χ2v) is 23.6. The lowest BCUT2D eigenvalue weighted by Gasteiger charge is -2.37. The van der Waals surface area contributed by atoms with E-state index in [0.29, 0.717) is 93.0 Å². The fourth-order valence-electron chi connectivity index (χ4n) is 14.1. The Labute approximate surface area is 549 Å². The summed E-state index contributed by atoms with van der Waals surface area (Å²) in [7, 11) is 0. The SMILES string of the molecule is CCc1cccc(CC)c1N(c1c(F)cc(F)cc1F)c1cc(N(c2c(F)cc(F)cc2F)c2c(CC)cccc2CC)c2ccc3c(N(c4c(F)cc(F)cc4F)c4c(CC)cccc4CC)cc(N(c4c(F)cc(F)cc4F)c4c(CC)cccc4CC)c4ccc1c2c43. The molecule has 0 aliphatic heterocycles. The highest BCUT2D eigenvalue weighted by Gasteiger charge is 2.37. The summed E-state index contributed by atoms with van der Waals surface area (Å²) in [5.41, 5.74) is 2.00. The predicted molar refractivity (Wildman–Crippen MR) is 363 cm³/mol. The zero-order valence-corrected chi connectivity index (χ0v) is 54.0. The van der Waals surface area contributed by atoms with E-state index in [0.717, 1.165) is 0 Å². The van der Waals surface area contributed by atoms with Crippen LogP contribution in [0.1, 0.15) is 99.9 Å². The van der Waals surface area contributed by atoms with Crippen LogP contribution in [-0.4, -0.2) is 0 Å². The highest BCUT2D eigenvalue weighted by Crippen LogP contribution is 2.58. The third-order valence-electron chi connectivity index (χ3n) is 18.4. The molecule has 12 rings (SSSR count). The molecule has 0 aliphatic carbocycles. The quantitative estimate of drug-likeness (QED) is 0.0557. The van der Waals surface area contributed by atoms with Crippen LogP contribution in [0.3, 0.4) is 0 Å². The van der Waals surface area contributed by atoms with Gasteiger partial charge in [0.15, 0.2) is 46.5 Å². The average Bonchev–Trinajstić information content (AvgIpc) is 0.699. The molecule has 0 heterocycles. The summed E-state index contributed by atoms with van der Waals surface area (Å²) in [6.45, 7) is 14.7. The van der Waals surface area contributed by atoms with Gasteiger partial charge in [-0.2, -0.15) is 0 Å². The van der Waals surface area contributed by atoms with Crippen molar-refractivity contribution in [2.75, 3.05) is 19.6 Å². The molecule has 0 saturated carbocycles. The van der Waals surface area contributed by atoms with E-state index in [-0.39, 0.29) is 129 Å². The monoisotopic (exact) mass is 1310 g/mol. The van der Waals surface area contributed by atoms with Gasteiger partial charge in [0, 0.05) is 80.8 Å². The maximum atomic E-state index is 17.6. The van der Waals surface area contributed by atoms with Crippen molar-refractivity contribution >= 4 is 101 Å². The Kier molecular flexibility index (Phi) is 18.4. The number of benzene rings is 12. The maximum Gasteiger partial charge on any atom is 0.153 e. The minimum atomic E-state index is -1.35. The summed E-state index contributed by atoms with van der Waals surface area (Å²) in [6, 6.07) is 34.9. The first-order chi connectivity index (χ1) is 46.2. The summed E-state index contributed by atoms with van der Waals surface area (Å²) in [5, 5.41) is 0.835. The van der Waals surface area contributed by atoms with Gasteiger partial charge in [0.1, 0.15) is 46.0 Å². The third kappa shape index (κ3) is 11.1. The number of hydrogen-bond acceptors (Lipinski definition) is 4. The van der Waals surface area contributed by atoms with Crippen LogP contribution in [0, 0.1) is 69.8 Å². The molecule has 0 radical (unpaired) electrons. The molecule has 0 amide bonds. The predicted octanol–water partition coefficient (Wildman–Crippen LogP) is 24.6. The molecule has 12 aromatic rings. The van der Waals surface area contributed by atoms with Crippen molar-refractivity contribution in [3.8, 4) is 0 Å². The van der Waals surface area contributed by atoms with Crippen LogP contribution in [0.5, 0.6) is 0 Å². The van der Waals surface area contributed by atoms with E-state index in [2.05, 4.69) is 0 Å². The van der Waals surface area contributed by atoms with Gasteiger partial charge in [-0.25, -0.2) is 52.7 Å². The molecule has 4 nitrogen and oxygen atoms in total. The van der Waals surface area contributed by atoms with Crippen LogP contribution in [0.25, 0.3) is 32.3 Å². The molecular formula is C80H66F12N4. The standard InChI is InChI=1S/C80H66F12N4/c1-9-43-21-17-22-44(10-2)73(43)93(77-59(85)33-51(81)34-60(77)86)67-41-68(94(78-61(87)35-52(82)36-62(78)88)74-45(11-3)23-18-24-46(74)12-4)56-31-32-58-70(96(80-65(91)39-54(84)40-66(80)92)76-49(15-7)27-20-28-50(76)16-8)42-69(57-30-29-55(67)71(56)72(57)58)95(79-63(89)37-53(83)38-64(79)90)75-47(13-5)25-19-26-48(75)14-6/h17-42H,9-16H2,1-8H3. The Morgan fingerprint density at radius 1 is 0.208 bits per heavy atom. The zero-order chi connectivity index (χ0) is 68.3. The molecule has 0 atom stereocenters. The van der Waals surface area contributed by atoms with E-state index in [9.17, 15) is 0 Å². The van der Waals surface area contributed by atoms with Crippen LogP contribution < -0.4 is 19.6 Å². The molecular weight excluding hydrogens is 1240 g/mol. The molecule has 0 aliphatic rings. The number of hydrogen-bond donors (Lipinski definition) is 0. The highest BCUT2D eigenvalue weighted by molar-refractivity contribution is 6.33. The van der Waals surface area contributed by atoms with Crippen molar-refractivity contribution in [3.63, 3.8) is 0 Å². The molecule has 96 heavy (non-hydrogen) atoms. The van der Waals surface area contributed by atoms with Gasteiger partial charge in [-0.1, -0.05) is 152 Å². The van der Waals surface area contributed by atoms with E-state index in [1.165, 1.54) is 31.7 Å². The highest BCUT2D eigenvalue weighted by atomic mass is 19.2. The molecule has 0 spiro atoms. The average molecular weight is 1310 g/mol. The number of anilines is 12. The van der Waals surface area contributed by atoms with Crippen molar-refractivity contribution in [1.82, 2.24) is 0 Å². The van der Waals surface area contributed by atoms with Gasteiger partial charge in [-0.15, -0.1) is 0 Å². The first-order valence-electron chi connectivity index (χ1n) is 32.3. The number of aryl methyl sites for hydroxylation is 8. The van der Waals surface area contributed by atoms with E-state index in [1.807, 2.05) is 55.4 Å². The Hall–Kier alpha value is -9.96. The molecule has 0 aromatic heterocycles. The minimum Gasteiger partial charge on any atom is -0.304 e. The van der Waals surface area contributed by atoms with E-state index < -0.39 is 92.6 Å². The largest absolute Gasteiger partial charge is 0.304 e. The molecule has 0 saturated heterocycles. The second-order valence-electron chi connectivity index (χ2n) is 23.6. The first kappa shape index (κ1) is 66.1. The van der Waals surface area contributed by atoms with Crippen LogP contribution in [0.2, 0.25) is 0 Å². The van der Waals surface area contributed by atoms with Crippen molar-refractivity contribution in [1.29, 1.82) is 0 Å². The van der Waals surface area contributed by atoms with Crippen LogP contribution in [0.4, 0.5) is 121 Å².